The number of nitrogens with zero attached hydrogens (tertiary/aromatic N) is 2. The van der Waals surface area contributed by atoms with Crippen molar-refractivity contribution in [2.75, 3.05) is 19.6 Å². The van der Waals surface area contributed by atoms with Crippen molar-refractivity contribution >= 4 is 10.0 Å². The summed E-state index contributed by atoms with van der Waals surface area (Å²) in [4.78, 5) is 2.75. The summed E-state index contributed by atoms with van der Waals surface area (Å²) in [5, 5.41) is 0. The number of benzene rings is 1. The fourth-order valence-corrected chi connectivity index (χ4v) is 5.17. The second-order valence-electron chi connectivity index (χ2n) is 5.42. The van der Waals surface area contributed by atoms with Crippen LogP contribution < -0.4 is 0 Å². The molecule has 0 bridgehead atoms. The van der Waals surface area contributed by atoms with Crippen LogP contribution in [0.3, 0.4) is 0 Å². The quantitative estimate of drug-likeness (QED) is 0.793. The van der Waals surface area contributed by atoms with Crippen molar-refractivity contribution in [2.24, 2.45) is 0 Å². The van der Waals surface area contributed by atoms with Gasteiger partial charge in [-0.2, -0.15) is 4.31 Å². The molecule has 0 aromatic heterocycles. The van der Waals surface area contributed by atoms with Gasteiger partial charge in [0.25, 0.3) is 0 Å². The van der Waals surface area contributed by atoms with Crippen LogP contribution in [0, 0.1) is 0 Å². The molecule has 20 heavy (non-hydrogen) atoms. The summed E-state index contributed by atoms with van der Waals surface area (Å²) in [6.07, 6.45) is 3.74. The predicted molar refractivity (Wildman–Crippen MR) is 78.9 cm³/mol. The minimum Gasteiger partial charge on any atom is -0.295 e. The molecule has 3 rings (SSSR count). The summed E-state index contributed by atoms with van der Waals surface area (Å²) in [6.45, 7) is 6.21. The average molecular weight is 292 g/mol. The Morgan fingerprint density at radius 1 is 1.15 bits per heavy atom. The van der Waals surface area contributed by atoms with E-state index in [1.165, 1.54) is 0 Å². The first-order valence-electron chi connectivity index (χ1n) is 7.06. The topological polar surface area (TPSA) is 40.6 Å². The van der Waals surface area contributed by atoms with Crippen LogP contribution in [0.15, 0.2) is 47.9 Å². The number of hydrogen-bond acceptors (Lipinski definition) is 3. The van der Waals surface area contributed by atoms with E-state index >= 15 is 0 Å². The van der Waals surface area contributed by atoms with Crippen molar-refractivity contribution in [3.05, 3.63) is 43.0 Å². The Labute approximate surface area is 120 Å². The lowest BCUT2D eigenvalue weighted by Crippen LogP contribution is -2.39. The molecule has 0 aliphatic carbocycles. The van der Waals surface area contributed by atoms with E-state index < -0.39 is 10.0 Å². The van der Waals surface area contributed by atoms with Gasteiger partial charge in [-0.1, -0.05) is 24.3 Å². The molecule has 2 atom stereocenters. The third kappa shape index (κ3) is 2.20. The van der Waals surface area contributed by atoms with Gasteiger partial charge in [-0.3, -0.25) is 4.90 Å². The third-order valence-corrected chi connectivity index (χ3v) is 6.29. The minimum atomic E-state index is -3.35. The van der Waals surface area contributed by atoms with E-state index in [1.807, 2.05) is 12.1 Å². The van der Waals surface area contributed by atoms with Gasteiger partial charge in [0.1, 0.15) is 0 Å². The van der Waals surface area contributed by atoms with Gasteiger partial charge in [0, 0.05) is 31.7 Å². The van der Waals surface area contributed by atoms with Gasteiger partial charge in [0.15, 0.2) is 0 Å². The number of hydrogen-bond donors (Lipinski definition) is 0. The van der Waals surface area contributed by atoms with Crippen LogP contribution in [-0.2, 0) is 10.0 Å². The Hall–Kier alpha value is -1.17. The highest BCUT2D eigenvalue weighted by atomic mass is 32.2. The second-order valence-corrected chi connectivity index (χ2v) is 7.32. The van der Waals surface area contributed by atoms with Gasteiger partial charge < -0.3 is 0 Å². The lowest BCUT2D eigenvalue weighted by Gasteiger charge is -2.24. The summed E-state index contributed by atoms with van der Waals surface area (Å²) in [6, 6.07) is 9.23. The molecule has 2 aliphatic rings. The van der Waals surface area contributed by atoms with Crippen LogP contribution in [-0.4, -0.2) is 49.3 Å². The van der Waals surface area contributed by atoms with Crippen LogP contribution >= 0.6 is 0 Å². The van der Waals surface area contributed by atoms with Gasteiger partial charge in [-0.05, 0) is 25.0 Å². The predicted octanol–water partition coefficient (Wildman–Crippen LogP) is 1.71. The largest absolute Gasteiger partial charge is 0.295 e. The first kappa shape index (κ1) is 13.8. The Morgan fingerprint density at radius 3 is 2.55 bits per heavy atom. The molecule has 0 saturated carbocycles. The van der Waals surface area contributed by atoms with Crippen molar-refractivity contribution < 1.29 is 8.42 Å². The molecule has 1 aromatic carbocycles. The normalized spacial score (nSPS) is 27.6. The first-order valence-corrected chi connectivity index (χ1v) is 8.50. The molecule has 2 fully saturated rings. The zero-order valence-corrected chi connectivity index (χ0v) is 12.3. The maximum atomic E-state index is 12.7. The molecule has 108 valence electrons. The van der Waals surface area contributed by atoms with Gasteiger partial charge in [0.05, 0.1) is 4.90 Å². The molecule has 1 aromatic rings. The van der Waals surface area contributed by atoms with Crippen LogP contribution in [0.5, 0.6) is 0 Å². The first-order chi connectivity index (χ1) is 9.64. The van der Waals surface area contributed by atoms with Crippen molar-refractivity contribution in [2.45, 2.75) is 29.8 Å². The van der Waals surface area contributed by atoms with Crippen molar-refractivity contribution in [3.63, 3.8) is 0 Å². The fourth-order valence-electron chi connectivity index (χ4n) is 3.45. The summed E-state index contributed by atoms with van der Waals surface area (Å²) in [7, 11) is -3.35. The standard InChI is InChI=1S/C15H20N2O2S/c1-2-10-16-11-8-15-14(16)9-12-17(15)20(18,19)13-6-4-3-5-7-13/h2-7,14-15H,1,8-12H2/t14-,15+/m0/s1. The SMILES string of the molecule is C=CCN1CC[C@@H]2[C@@H]1CCN2S(=O)(=O)c1ccccc1. The number of likely N-dealkylation sites (tertiary alicyclic amines) is 1. The molecule has 4 nitrogen and oxygen atoms in total. The second kappa shape index (κ2) is 5.31. The van der Waals surface area contributed by atoms with E-state index in [1.54, 1.807) is 28.6 Å². The zero-order valence-electron chi connectivity index (χ0n) is 11.5. The smallest absolute Gasteiger partial charge is 0.243 e. The maximum Gasteiger partial charge on any atom is 0.243 e. The highest BCUT2D eigenvalue weighted by molar-refractivity contribution is 7.89. The summed E-state index contributed by atoms with van der Waals surface area (Å²) >= 11 is 0. The molecule has 2 aliphatic heterocycles. The number of rotatable bonds is 4. The molecule has 2 saturated heterocycles. The van der Waals surface area contributed by atoms with E-state index in [-0.39, 0.29) is 6.04 Å². The lowest BCUT2D eigenvalue weighted by molar-refractivity contribution is 0.273. The number of sulfonamides is 1. The van der Waals surface area contributed by atoms with Gasteiger partial charge >= 0.3 is 0 Å². The van der Waals surface area contributed by atoms with E-state index in [2.05, 4.69) is 11.5 Å². The van der Waals surface area contributed by atoms with E-state index in [4.69, 9.17) is 0 Å². The molecule has 0 amide bonds. The Morgan fingerprint density at radius 2 is 1.85 bits per heavy atom. The monoisotopic (exact) mass is 292 g/mol. The summed E-state index contributed by atoms with van der Waals surface area (Å²) < 4.78 is 27.2. The lowest BCUT2D eigenvalue weighted by atomic mass is 10.1. The highest BCUT2D eigenvalue weighted by Gasteiger charge is 2.46. The molecule has 0 radical (unpaired) electrons. The Balaban J connectivity index is 1.85. The minimum absolute atomic E-state index is 0.125. The molecule has 0 N–H and O–H groups in total. The van der Waals surface area contributed by atoms with E-state index in [0.717, 1.165) is 25.9 Å². The molecule has 5 heteroatoms. The van der Waals surface area contributed by atoms with Crippen molar-refractivity contribution in [1.29, 1.82) is 0 Å². The maximum absolute atomic E-state index is 12.7. The van der Waals surface area contributed by atoms with E-state index in [9.17, 15) is 8.42 Å². The molecule has 0 unspecified atom stereocenters. The Kier molecular flexibility index (Phi) is 3.67. The average Bonchev–Trinajstić information content (AvgIpc) is 3.03. The molecule has 0 spiro atoms. The molecular formula is C15H20N2O2S. The number of fused-ring (bicyclic) bond motifs is 1. The zero-order chi connectivity index (χ0) is 14.2. The Bertz CT molecular complexity index is 585. The van der Waals surface area contributed by atoms with Gasteiger partial charge in [-0.15, -0.1) is 6.58 Å². The van der Waals surface area contributed by atoms with Crippen LogP contribution in [0.1, 0.15) is 12.8 Å². The van der Waals surface area contributed by atoms with Gasteiger partial charge in [0.2, 0.25) is 10.0 Å². The summed E-state index contributed by atoms with van der Waals surface area (Å²) in [5.74, 6) is 0. The fraction of sp³-hybridized carbons (Fsp3) is 0.467. The highest BCUT2D eigenvalue weighted by Crippen LogP contribution is 2.35. The van der Waals surface area contributed by atoms with E-state index in [0.29, 0.717) is 17.5 Å². The molecule has 2 heterocycles. The van der Waals surface area contributed by atoms with Crippen LogP contribution in [0.25, 0.3) is 0 Å². The molecular weight excluding hydrogens is 272 g/mol. The summed E-state index contributed by atoms with van der Waals surface area (Å²) in [5.41, 5.74) is 0. The van der Waals surface area contributed by atoms with Crippen LogP contribution in [0.2, 0.25) is 0 Å². The van der Waals surface area contributed by atoms with Crippen molar-refractivity contribution in [3.8, 4) is 0 Å². The third-order valence-electron chi connectivity index (χ3n) is 4.35. The van der Waals surface area contributed by atoms with Gasteiger partial charge in [-0.25, -0.2) is 8.42 Å². The van der Waals surface area contributed by atoms with Crippen molar-refractivity contribution in [1.82, 2.24) is 9.21 Å². The van der Waals surface area contributed by atoms with Crippen LogP contribution in [0.4, 0.5) is 0 Å².